The molecular formula is C26H26N6O2. The fourth-order valence-corrected chi connectivity index (χ4v) is 4.52. The number of ether oxygens (including phenoxy) is 2. The van der Waals surface area contributed by atoms with Crippen LogP contribution in [0.4, 0.5) is 11.5 Å². The number of hydrogen-bond donors (Lipinski definition) is 2. The third-order valence-corrected chi connectivity index (χ3v) is 6.31. The highest BCUT2D eigenvalue weighted by Crippen LogP contribution is 2.31. The molecule has 1 unspecified atom stereocenters. The van der Waals surface area contributed by atoms with E-state index >= 15 is 0 Å². The highest BCUT2D eigenvalue weighted by atomic mass is 16.5. The Bertz CT molecular complexity index is 1310. The van der Waals surface area contributed by atoms with Crippen molar-refractivity contribution in [2.24, 2.45) is 5.10 Å². The number of hydrazone groups is 1. The van der Waals surface area contributed by atoms with Crippen molar-refractivity contribution in [2.75, 3.05) is 5.32 Å². The Morgan fingerprint density at radius 1 is 1.09 bits per heavy atom. The van der Waals surface area contributed by atoms with Crippen molar-refractivity contribution in [3.8, 4) is 11.5 Å². The Labute approximate surface area is 198 Å². The number of aromatic nitrogens is 2. The smallest absolute Gasteiger partial charge is 0.144 e. The number of allylic oxidation sites excluding steroid dienone is 1. The molecule has 1 aromatic heterocycles. The molecule has 8 nitrogen and oxygen atoms in total. The van der Waals surface area contributed by atoms with Crippen molar-refractivity contribution in [3.05, 3.63) is 72.4 Å². The molecular weight excluding hydrogens is 428 g/mol. The van der Waals surface area contributed by atoms with Gasteiger partial charge in [0.2, 0.25) is 0 Å². The molecule has 8 heteroatoms. The second kappa shape index (κ2) is 8.70. The fraction of sp³-hybridized carbons (Fsp3) is 0.269. The Kier molecular flexibility index (Phi) is 5.25. The fourth-order valence-electron chi connectivity index (χ4n) is 4.52. The lowest BCUT2D eigenvalue weighted by molar-refractivity contribution is 0.210. The number of nitrogens with one attached hydrogen (secondary N) is 2. The van der Waals surface area contributed by atoms with Gasteiger partial charge in [0.25, 0.3) is 0 Å². The molecule has 172 valence electrons. The lowest BCUT2D eigenvalue weighted by Crippen LogP contribution is -2.33. The van der Waals surface area contributed by atoms with Gasteiger partial charge in [-0.05, 0) is 80.6 Å². The van der Waals surface area contributed by atoms with Gasteiger partial charge >= 0.3 is 0 Å². The summed E-state index contributed by atoms with van der Waals surface area (Å²) in [5, 5.41) is 13.6. The number of fused-ring (bicyclic) bond motifs is 2. The summed E-state index contributed by atoms with van der Waals surface area (Å²) in [5.74, 6) is 3.19. The summed E-state index contributed by atoms with van der Waals surface area (Å²) in [4.78, 5) is 8.92. The van der Waals surface area contributed by atoms with Crippen LogP contribution in [0, 0.1) is 6.92 Å². The average molecular weight is 455 g/mol. The number of anilines is 2. The van der Waals surface area contributed by atoms with E-state index in [0.29, 0.717) is 6.10 Å². The summed E-state index contributed by atoms with van der Waals surface area (Å²) < 4.78 is 12.3. The van der Waals surface area contributed by atoms with E-state index in [-0.39, 0.29) is 6.17 Å². The van der Waals surface area contributed by atoms with Gasteiger partial charge in [-0.2, -0.15) is 5.10 Å². The number of aryl methyl sites for hydroxylation is 1. The molecule has 0 saturated heterocycles. The molecule has 3 aromatic rings. The van der Waals surface area contributed by atoms with Crippen LogP contribution < -0.4 is 20.1 Å². The zero-order chi connectivity index (χ0) is 22.9. The minimum Gasteiger partial charge on any atom is -0.490 e. The monoisotopic (exact) mass is 454 g/mol. The van der Waals surface area contributed by atoms with Crippen LogP contribution in [-0.2, 0) is 0 Å². The zero-order valence-electron chi connectivity index (χ0n) is 18.9. The number of rotatable bonds is 6. The molecule has 1 saturated carbocycles. The minimum atomic E-state index is -0.00479. The zero-order valence-corrected chi connectivity index (χ0v) is 18.9. The van der Waals surface area contributed by atoms with Crippen molar-refractivity contribution < 1.29 is 9.47 Å². The number of hydrogen-bond acceptors (Lipinski definition) is 8. The van der Waals surface area contributed by atoms with Gasteiger partial charge in [0, 0.05) is 23.3 Å². The Hall–Kier alpha value is -4.07. The van der Waals surface area contributed by atoms with Gasteiger partial charge < -0.3 is 20.1 Å². The van der Waals surface area contributed by atoms with Gasteiger partial charge in [-0.1, -0.05) is 0 Å². The Morgan fingerprint density at radius 2 is 2.00 bits per heavy atom. The topological polar surface area (TPSA) is 83.9 Å². The summed E-state index contributed by atoms with van der Waals surface area (Å²) in [6.45, 7) is 2.03. The van der Waals surface area contributed by atoms with E-state index in [2.05, 4.69) is 31.8 Å². The van der Waals surface area contributed by atoms with Crippen molar-refractivity contribution in [1.29, 1.82) is 0 Å². The van der Waals surface area contributed by atoms with E-state index in [1.807, 2.05) is 60.6 Å². The van der Waals surface area contributed by atoms with E-state index in [1.165, 1.54) is 12.8 Å². The molecule has 0 radical (unpaired) electrons. The maximum Gasteiger partial charge on any atom is 0.144 e. The van der Waals surface area contributed by atoms with Crippen molar-refractivity contribution in [1.82, 2.24) is 20.3 Å². The molecule has 1 fully saturated rings. The van der Waals surface area contributed by atoms with Crippen LogP contribution in [0.5, 0.6) is 11.5 Å². The van der Waals surface area contributed by atoms with Crippen LogP contribution in [0.2, 0.25) is 0 Å². The Balaban J connectivity index is 1.20. The lowest BCUT2D eigenvalue weighted by atomic mass is 10.1. The summed E-state index contributed by atoms with van der Waals surface area (Å²) in [5.41, 5.74) is 2.82. The molecule has 1 atom stereocenters. The molecule has 0 amide bonds. The van der Waals surface area contributed by atoms with Crippen molar-refractivity contribution in [2.45, 2.75) is 44.9 Å². The molecule has 34 heavy (non-hydrogen) atoms. The summed E-state index contributed by atoms with van der Waals surface area (Å²) in [7, 11) is 0. The molecule has 2 aliphatic heterocycles. The maximum absolute atomic E-state index is 6.20. The van der Waals surface area contributed by atoms with Gasteiger partial charge in [0.15, 0.2) is 0 Å². The van der Waals surface area contributed by atoms with E-state index in [9.17, 15) is 0 Å². The van der Waals surface area contributed by atoms with Gasteiger partial charge in [-0.25, -0.2) is 15.0 Å². The Morgan fingerprint density at radius 3 is 2.88 bits per heavy atom. The first-order valence-corrected chi connectivity index (χ1v) is 11.7. The van der Waals surface area contributed by atoms with Crippen LogP contribution in [0.1, 0.15) is 31.2 Å². The molecule has 6 rings (SSSR count). The van der Waals surface area contributed by atoms with Crippen LogP contribution >= 0.6 is 0 Å². The second-order valence-corrected chi connectivity index (χ2v) is 8.75. The van der Waals surface area contributed by atoms with Crippen molar-refractivity contribution in [3.63, 3.8) is 0 Å². The third kappa shape index (κ3) is 4.14. The standard InChI is InChI=1S/C26H26N6O2/c1-17-12-18(6-9-24(17)34-21-10-11-32-25(14-21)28-16-30-32)31-26-22-13-20(33-19-4-2-3-5-19)7-8-23(22)27-15-29-26/h6-16,19,25H,2-5H2,1H3,(H,28,30)(H,27,29,31). The molecule has 1 aliphatic carbocycles. The highest BCUT2D eigenvalue weighted by Gasteiger charge is 2.21. The predicted octanol–water partition coefficient (Wildman–Crippen LogP) is 4.97. The predicted molar refractivity (Wildman–Crippen MR) is 132 cm³/mol. The van der Waals surface area contributed by atoms with E-state index in [1.54, 1.807) is 12.7 Å². The SMILES string of the molecule is Cc1cc(Nc2ncnc3ccc(OC4CCCC4)cc23)ccc1OC1=CC2NC=NN2C=C1. The first kappa shape index (κ1) is 20.5. The number of benzene rings is 2. The van der Waals surface area contributed by atoms with Crippen LogP contribution in [0.3, 0.4) is 0 Å². The summed E-state index contributed by atoms with van der Waals surface area (Å²) in [6.07, 6.45) is 14.1. The quantitative estimate of drug-likeness (QED) is 0.544. The number of nitrogens with zero attached hydrogens (tertiary/aromatic N) is 4. The highest BCUT2D eigenvalue weighted by molar-refractivity contribution is 5.91. The van der Waals surface area contributed by atoms with Crippen LogP contribution in [-0.4, -0.2) is 33.6 Å². The van der Waals surface area contributed by atoms with Gasteiger partial charge in [-0.15, -0.1) is 0 Å². The van der Waals surface area contributed by atoms with Gasteiger partial charge in [0.05, 0.1) is 11.6 Å². The largest absolute Gasteiger partial charge is 0.490 e. The van der Waals surface area contributed by atoms with Crippen LogP contribution in [0.15, 0.2) is 71.9 Å². The van der Waals surface area contributed by atoms with E-state index in [4.69, 9.17) is 9.47 Å². The first-order chi connectivity index (χ1) is 16.7. The van der Waals surface area contributed by atoms with E-state index in [0.717, 1.165) is 58.1 Å². The maximum atomic E-state index is 6.20. The molecule has 0 bridgehead atoms. The molecule has 0 spiro atoms. The van der Waals surface area contributed by atoms with Crippen LogP contribution in [0.25, 0.3) is 10.9 Å². The van der Waals surface area contributed by atoms with E-state index < -0.39 is 0 Å². The molecule has 3 aliphatic rings. The second-order valence-electron chi connectivity index (χ2n) is 8.75. The average Bonchev–Trinajstić information content (AvgIpc) is 3.53. The summed E-state index contributed by atoms with van der Waals surface area (Å²) >= 11 is 0. The third-order valence-electron chi connectivity index (χ3n) is 6.31. The normalized spacial score (nSPS) is 19.1. The van der Waals surface area contributed by atoms with Gasteiger partial charge in [-0.3, -0.25) is 0 Å². The molecule has 3 heterocycles. The minimum absolute atomic E-state index is 0.00479. The summed E-state index contributed by atoms with van der Waals surface area (Å²) in [6, 6.07) is 12.0. The molecule has 2 N–H and O–H groups in total. The van der Waals surface area contributed by atoms with Crippen molar-refractivity contribution >= 4 is 28.7 Å². The first-order valence-electron chi connectivity index (χ1n) is 11.7. The lowest BCUT2D eigenvalue weighted by Gasteiger charge is -2.22. The molecule has 2 aromatic carbocycles. The van der Waals surface area contributed by atoms with Gasteiger partial charge in [0.1, 0.15) is 41.9 Å².